The maximum atomic E-state index is 12.9. The highest BCUT2D eigenvalue weighted by Crippen LogP contribution is 2.45. The molecule has 1 aliphatic carbocycles. The lowest BCUT2D eigenvalue weighted by Gasteiger charge is -2.38. The number of halogens is 1. The number of allylic oxidation sites excluding steroid dienone is 3. The van der Waals surface area contributed by atoms with Crippen LogP contribution in [0.15, 0.2) is 70.0 Å². The second kappa shape index (κ2) is 6.97. The number of nitrogens with zero attached hydrogens (tertiary/aromatic N) is 4. The van der Waals surface area contributed by atoms with Crippen LogP contribution in [-0.2, 0) is 4.79 Å². The van der Waals surface area contributed by atoms with Crippen LogP contribution < -0.4 is 10.6 Å². The zero-order valence-electron chi connectivity index (χ0n) is 14.4. The van der Waals surface area contributed by atoms with E-state index in [4.69, 9.17) is 5.73 Å². The first-order valence-corrected chi connectivity index (χ1v) is 9.38. The Balaban J connectivity index is 1.96. The van der Waals surface area contributed by atoms with Crippen molar-refractivity contribution in [3.8, 4) is 6.07 Å². The number of carbonyl (C=O) groups excluding carboxylic acids is 1. The molecule has 6 nitrogen and oxygen atoms in total. The maximum absolute atomic E-state index is 12.9. The molecular formula is C20H16BrN5O. The van der Waals surface area contributed by atoms with Crippen LogP contribution in [0.3, 0.4) is 0 Å². The number of nitriles is 1. The van der Waals surface area contributed by atoms with E-state index in [0.717, 1.165) is 22.2 Å². The molecule has 0 unspecified atom stereocenters. The van der Waals surface area contributed by atoms with Crippen molar-refractivity contribution in [1.82, 2.24) is 9.97 Å². The quantitative estimate of drug-likeness (QED) is 0.796. The molecule has 2 aromatic heterocycles. The molecule has 27 heavy (non-hydrogen) atoms. The number of hydrogen-bond donors (Lipinski definition) is 1. The summed E-state index contributed by atoms with van der Waals surface area (Å²) in [4.78, 5) is 23.3. The van der Waals surface area contributed by atoms with Crippen molar-refractivity contribution in [2.45, 2.75) is 25.2 Å². The van der Waals surface area contributed by atoms with Crippen LogP contribution in [-0.4, -0.2) is 15.8 Å². The van der Waals surface area contributed by atoms with Crippen molar-refractivity contribution >= 4 is 27.5 Å². The number of carbonyl (C=O) groups is 1. The number of aromatic nitrogens is 2. The highest BCUT2D eigenvalue weighted by molar-refractivity contribution is 9.10. The summed E-state index contributed by atoms with van der Waals surface area (Å²) in [6, 6.07) is 9.59. The van der Waals surface area contributed by atoms with Crippen LogP contribution in [0.25, 0.3) is 0 Å². The summed E-state index contributed by atoms with van der Waals surface area (Å²) < 4.78 is 0.841. The Labute approximate surface area is 165 Å². The van der Waals surface area contributed by atoms with Crippen LogP contribution in [0.5, 0.6) is 0 Å². The summed E-state index contributed by atoms with van der Waals surface area (Å²) in [6.45, 7) is 0. The molecule has 7 heteroatoms. The lowest BCUT2D eigenvalue weighted by atomic mass is 9.76. The molecule has 1 atom stereocenters. The van der Waals surface area contributed by atoms with Gasteiger partial charge in [-0.25, -0.2) is 4.98 Å². The van der Waals surface area contributed by atoms with Gasteiger partial charge < -0.3 is 5.73 Å². The van der Waals surface area contributed by atoms with Crippen molar-refractivity contribution in [1.29, 1.82) is 5.26 Å². The van der Waals surface area contributed by atoms with Crippen LogP contribution >= 0.6 is 15.9 Å². The Morgan fingerprint density at radius 1 is 1.26 bits per heavy atom. The fraction of sp³-hybridized carbons (Fsp3) is 0.200. The van der Waals surface area contributed by atoms with Crippen molar-refractivity contribution in [2.24, 2.45) is 5.73 Å². The number of nitrogens with two attached hydrogens (primary N) is 1. The minimum absolute atomic E-state index is 0.0486. The van der Waals surface area contributed by atoms with E-state index in [1.807, 2.05) is 18.2 Å². The van der Waals surface area contributed by atoms with Gasteiger partial charge in [0, 0.05) is 40.8 Å². The Hall–Kier alpha value is -2.98. The summed E-state index contributed by atoms with van der Waals surface area (Å²) in [5.74, 6) is 0.468. The SMILES string of the molecule is N#CC1=C(N)N(c2ccc(Br)cn2)C2=C(C(=O)CCC2)[C@H]1c1cccnc1. The number of Topliss-reactive ketones (excluding diaryl/α,β-unsaturated/α-hetero) is 1. The topological polar surface area (TPSA) is 95.9 Å². The molecule has 0 bridgehead atoms. The van der Waals surface area contributed by atoms with E-state index in [-0.39, 0.29) is 5.78 Å². The Kier molecular flexibility index (Phi) is 4.50. The second-order valence-corrected chi connectivity index (χ2v) is 7.35. The van der Waals surface area contributed by atoms with Crippen molar-refractivity contribution in [3.05, 3.63) is 75.6 Å². The van der Waals surface area contributed by atoms with E-state index >= 15 is 0 Å². The molecule has 3 heterocycles. The first-order valence-electron chi connectivity index (χ1n) is 8.59. The predicted octanol–water partition coefficient (Wildman–Crippen LogP) is 3.54. The van der Waals surface area contributed by atoms with Crippen LogP contribution in [0.4, 0.5) is 5.82 Å². The lowest BCUT2D eigenvalue weighted by Crippen LogP contribution is -2.39. The third kappa shape index (κ3) is 2.92. The molecule has 0 amide bonds. The molecule has 0 spiro atoms. The van der Waals surface area contributed by atoms with Gasteiger partial charge in [-0.2, -0.15) is 5.26 Å². The normalized spacial score (nSPS) is 19.8. The minimum atomic E-state index is -0.488. The molecule has 2 aromatic rings. The number of pyridine rings is 2. The third-order valence-corrected chi connectivity index (χ3v) is 5.34. The van der Waals surface area contributed by atoms with Gasteiger partial charge in [0.25, 0.3) is 0 Å². The van der Waals surface area contributed by atoms with Crippen LogP contribution in [0.1, 0.15) is 30.7 Å². The van der Waals surface area contributed by atoms with E-state index in [1.165, 1.54) is 0 Å². The largest absolute Gasteiger partial charge is 0.384 e. The average molecular weight is 422 g/mol. The van der Waals surface area contributed by atoms with Gasteiger partial charge in [0.1, 0.15) is 11.6 Å². The molecule has 0 fully saturated rings. The fourth-order valence-corrected chi connectivity index (χ4v) is 3.96. The van der Waals surface area contributed by atoms with E-state index in [9.17, 15) is 10.1 Å². The monoisotopic (exact) mass is 421 g/mol. The van der Waals surface area contributed by atoms with Gasteiger partial charge in [-0.05, 0) is 52.5 Å². The molecule has 0 aromatic carbocycles. The summed E-state index contributed by atoms with van der Waals surface area (Å²) in [6.07, 6.45) is 6.95. The Morgan fingerprint density at radius 2 is 2.11 bits per heavy atom. The van der Waals surface area contributed by atoms with Gasteiger partial charge in [-0.1, -0.05) is 6.07 Å². The first-order chi connectivity index (χ1) is 13.1. The number of hydrogen-bond acceptors (Lipinski definition) is 6. The highest BCUT2D eigenvalue weighted by atomic mass is 79.9. The van der Waals surface area contributed by atoms with Gasteiger partial charge in [0.2, 0.25) is 0 Å². The van der Waals surface area contributed by atoms with Gasteiger partial charge in [-0.15, -0.1) is 0 Å². The van der Waals surface area contributed by atoms with Gasteiger partial charge in [0.15, 0.2) is 5.78 Å². The summed E-state index contributed by atoms with van der Waals surface area (Å²) in [7, 11) is 0. The number of anilines is 1. The standard InChI is InChI=1S/C20H16BrN5O/c21-13-6-7-17(25-11-13)26-15-4-1-5-16(27)19(15)18(14(9-22)20(26)23)12-3-2-8-24-10-12/h2-3,6-8,10-11,18H,1,4-5,23H2/t18-/m0/s1. The highest BCUT2D eigenvalue weighted by Gasteiger charge is 2.40. The van der Waals surface area contributed by atoms with Gasteiger partial charge in [-0.3, -0.25) is 14.7 Å². The minimum Gasteiger partial charge on any atom is -0.384 e. The third-order valence-electron chi connectivity index (χ3n) is 4.87. The van der Waals surface area contributed by atoms with E-state index in [0.29, 0.717) is 35.6 Å². The Morgan fingerprint density at radius 3 is 2.78 bits per heavy atom. The molecule has 134 valence electrons. The van der Waals surface area contributed by atoms with Gasteiger partial charge >= 0.3 is 0 Å². The average Bonchev–Trinajstić information content (AvgIpc) is 2.69. The van der Waals surface area contributed by atoms with Gasteiger partial charge in [0.05, 0.1) is 17.6 Å². The summed E-state index contributed by atoms with van der Waals surface area (Å²) in [5, 5.41) is 9.88. The van der Waals surface area contributed by atoms with Crippen molar-refractivity contribution < 1.29 is 4.79 Å². The predicted molar refractivity (Wildman–Crippen MR) is 104 cm³/mol. The Bertz CT molecular complexity index is 1000. The second-order valence-electron chi connectivity index (χ2n) is 6.44. The fourth-order valence-electron chi connectivity index (χ4n) is 3.73. The van der Waals surface area contributed by atoms with Crippen LogP contribution in [0, 0.1) is 11.3 Å². The van der Waals surface area contributed by atoms with Crippen LogP contribution in [0.2, 0.25) is 0 Å². The van der Waals surface area contributed by atoms with E-state index in [2.05, 4.69) is 32.0 Å². The lowest BCUT2D eigenvalue weighted by molar-refractivity contribution is -0.116. The van der Waals surface area contributed by atoms with E-state index < -0.39 is 5.92 Å². The first kappa shape index (κ1) is 17.4. The maximum Gasteiger partial charge on any atom is 0.161 e. The summed E-state index contributed by atoms with van der Waals surface area (Å²) in [5.41, 5.74) is 9.05. The molecular weight excluding hydrogens is 406 g/mol. The van der Waals surface area contributed by atoms with Crippen molar-refractivity contribution in [3.63, 3.8) is 0 Å². The smallest absolute Gasteiger partial charge is 0.161 e. The molecule has 0 radical (unpaired) electrons. The zero-order chi connectivity index (χ0) is 19.0. The molecule has 2 N–H and O–H groups in total. The molecule has 0 saturated heterocycles. The molecule has 4 rings (SSSR count). The molecule has 0 saturated carbocycles. The number of ketones is 1. The number of rotatable bonds is 2. The zero-order valence-corrected chi connectivity index (χ0v) is 16.0. The molecule has 2 aliphatic rings. The summed E-state index contributed by atoms with van der Waals surface area (Å²) >= 11 is 3.38. The van der Waals surface area contributed by atoms with E-state index in [1.54, 1.807) is 29.6 Å². The van der Waals surface area contributed by atoms with Crippen molar-refractivity contribution in [2.75, 3.05) is 4.90 Å². The molecule has 1 aliphatic heterocycles.